The maximum Gasteiger partial charge on any atom is 0.120 e. The van der Waals surface area contributed by atoms with Gasteiger partial charge in [0.1, 0.15) is 11.5 Å². The van der Waals surface area contributed by atoms with Crippen LogP contribution >= 0.6 is 0 Å². The molecule has 108 valence electrons. The van der Waals surface area contributed by atoms with Crippen molar-refractivity contribution < 1.29 is 4.42 Å². The Labute approximate surface area is 117 Å². The Morgan fingerprint density at radius 2 is 2.11 bits per heavy atom. The van der Waals surface area contributed by atoms with Crippen molar-refractivity contribution in [2.24, 2.45) is 0 Å². The predicted octanol–water partition coefficient (Wildman–Crippen LogP) is 3.48. The Balaban J connectivity index is 2.77. The summed E-state index contributed by atoms with van der Waals surface area (Å²) in [6.07, 6.45) is 1.95. The van der Waals surface area contributed by atoms with E-state index in [4.69, 9.17) is 4.42 Å². The molecular formula is C16H28N2O. The van der Waals surface area contributed by atoms with Crippen LogP contribution in [-0.4, -0.2) is 23.5 Å². The summed E-state index contributed by atoms with van der Waals surface area (Å²) in [5, 5.41) is 3.30. The number of rotatable bonds is 7. The van der Waals surface area contributed by atoms with Gasteiger partial charge >= 0.3 is 0 Å². The van der Waals surface area contributed by atoms with Gasteiger partial charge in [-0.2, -0.15) is 0 Å². The molecule has 0 atom stereocenters. The van der Waals surface area contributed by atoms with Gasteiger partial charge in [-0.25, -0.2) is 0 Å². The van der Waals surface area contributed by atoms with Gasteiger partial charge in [0.25, 0.3) is 0 Å². The third-order valence-corrected chi connectivity index (χ3v) is 3.25. The van der Waals surface area contributed by atoms with Crippen LogP contribution in [-0.2, 0) is 13.1 Å². The predicted molar refractivity (Wildman–Crippen MR) is 81.2 cm³/mol. The lowest BCUT2D eigenvalue weighted by Crippen LogP contribution is -2.40. The fourth-order valence-corrected chi connectivity index (χ4v) is 2.00. The smallest absolute Gasteiger partial charge is 0.120 e. The van der Waals surface area contributed by atoms with Crippen molar-refractivity contribution in [1.29, 1.82) is 0 Å². The fraction of sp³-hybridized carbons (Fsp3) is 0.625. The van der Waals surface area contributed by atoms with Crippen molar-refractivity contribution >= 4 is 0 Å². The second-order valence-electron chi connectivity index (χ2n) is 5.94. The van der Waals surface area contributed by atoms with Crippen LogP contribution in [0.5, 0.6) is 0 Å². The highest BCUT2D eigenvalue weighted by Crippen LogP contribution is 2.21. The molecule has 0 spiro atoms. The van der Waals surface area contributed by atoms with Gasteiger partial charge in [0, 0.05) is 12.1 Å². The molecule has 0 saturated carbocycles. The number of nitrogens with zero attached hydrogens (tertiary/aromatic N) is 1. The van der Waals surface area contributed by atoms with E-state index in [2.05, 4.69) is 57.5 Å². The molecule has 3 nitrogen and oxygen atoms in total. The lowest BCUT2D eigenvalue weighted by molar-refractivity contribution is 0.133. The fourth-order valence-electron chi connectivity index (χ4n) is 2.00. The first-order valence-corrected chi connectivity index (χ1v) is 7.03. The molecule has 19 heavy (non-hydrogen) atoms. The summed E-state index contributed by atoms with van der Waals surface area (Å²) in [7, 11) is 0. The molecule has 0 aliphatic carbocycles. The van der Waals surface area contributed by atoms with Gasteiger partial charge in [-0.1, -0.05) is 13.0 Å². The standard InChI is InChI=1S/C16H28N2O/c1-7-9-18(16(4,5)6)12-14-10-13(3)15(19-14)11-17-8-2/h7,10,17H,1,8-9,11-12H2,2-6H3. The van der Waals surface area contributed by atoms with Gasteiger partial charge in [-0.05, 0) is 45.9 Å². The van der Waals surface area contributed by atoms with Crippen molar-refractivity contribution in [1.82, 2.24) is 10.2 Å². The summed E-state index contributed by atoms with van der Waals surface area (Å²) < 4.78 is 5.95. The van der Waals surface area contributed by atoms with E-state index in [-0.39, 0.29) is 5.54 Å². The molecule has 1 heterocycles. The molecule has 0 aliphatic rings. The topological polar surface area (TPSA) is 28.4 Å². The molecule has 0 radical (unpaired) electrons. The number of aryl methyl sites for hydroxylation is 1. The van der Waals surface area contributed by atoms with Crippen molar-refractivity contribution in [3.05, 3.63) is 35.8 Å². The molecule has 1 aromatic heterocycles. The van der Waals surface area contributed by atoms with E-state index in [1.54, 1.807) is 0 Å². The van der Waals surface area contributed by atoms with Crippen LogP contribution in [0.4, 0.5) is 0 Å². The first-order chi connectivity index (χ1) is 8.88. The molecule has 1 aromatic rings. The van der Waals surface area contributed by atoms with Gasteiger partial charge in [0.2, 0.25) is 0 Å². The van der Waals surface area contributed by atoms with E-state index in [1.165, 1.54) is 5.56 Å². The molecule has 0 bridgehead atoms. The number of furan rings is 1. The number of hydrogen-bond donors (Lipinski definition) is 1. The van der Waals surface area contributed by atoms with Crippen molar-refractivity contribution in [2.75, 3.05) is 13.1 Å². The molecule has 0 saturated heterocycles. The minimum absolute atomic E-state index is 0.108. The zero-order valence-corrected chi connectivity index (χ0v) is 13.0. The van der Waals surface area contributed by atoms with E-state index in [1.807, 2.05) is 6.08 Å². The minimum Gasteiger partial charge on any atom is -0.463 e. The largest absolute Gasteiger partial charge is 0.463 e. The molecule has 1 rings (SSSR count). The van der Waals surface area contributed by atoms with Crippen LogP contribution in [0.25, 0.3) is 0 Å². The Morgan fingerprint density at radius 1 is 1.42 bits per heavy atom. The molecular weight excluding hydrogens is 236 g/mol. The summed E-state index contributed by atoms with van der Waals surface area (Å²) in [5.41, 5.74) is 1.33. The number of hydrogen-bond acceptors (Lipinski definition) is 3. The number of nitrogens with one attached hydrogen (secondary N) is 1. The SMILES string of the molecule is C=CCN(Cc1cc(C)c(CNCC)o1)C(C)(C)C. The zero-order valence-electron chi connectivity index (χ0n) is 13.0. The second-order valence-corrected chi connectivity index (χ2v) is 5.94. The quantitative estimate of drug-likeness (QED) is 0.764. The molecule has 3 heteroatoms. The molecule has 0 fully saturated rings. The Hall–Kier alpha value is -1.06. The zero-order chi connectivity index (χ0) is 14.5. The van der Waals surface area contributed by atoms with Gasteiger partial charge in [0.05, 0.1) is 13.1 Å². The van der Waals surface area contributed by atoms with Gasteiger partial charge in [0.15, 0.2) is 0 Å². The lowest BCUT2D eigenvalue weighted by atomic mass is 10.1. The van der Waals surface area contributed by atoms with E-state index < -0.39 is 0 Å². The summed E-state index contributed by atoms with van der Waals surface area (Å²) in [6.45, 7) is 18.1. The van der Waals surface area contributed by atoms with E-state index >= 15 is 0 Å². The van der Waals surface area contributed by atoms with Crippen molar-refractivity contribution in [3.8, 4) is 0 Å². The van der Waals surface area contributed by atoms with Crippen LogP contribution in [0, 0.1) is 6.92 Å². The Morgan fingerprint density at radius 3 is 2.63 bits per heavy atom. The Bertz CT molecular complexity index is 401. The molecule has 0 amide bonds. The van der Waals surface area contributed by atoms with Gasteiger partial charge in [-0.3, -0.25) is 4.90 Å². The molecule has 0 aliphatic heterocycles. The van der Waals surface area contributed by atoms with Gasteiger partial charge < -0.3 is 9.73 Å². The summed E-state index contributed by atoms with van der Waals surface area (Å²) in [5.74, 6) is 2.08. The normalized spacial score (nSPS) is 12.1. The average molecular weight is 264 g/mol. The highest BCUT2D eigenvalue weighted by atomic mass is 16.3. The summed E-state index contributed by atoms with van der Waals surface area (Å²) >= 11 is 0. The highest BCUT2D eigenvalue weighted by molar-refractivity contribution is 5.20. The van der Waals surface area contributed by atoms with Crippen molar-refractivity contribution in [3.63, 3.8) is 0 Å². The van der Waals surface area contributed by atoms with Crippen molar-refractivity contribution in [2.45, 2.75) is 53.2 Å². The monoisotopic (exact) mass is 264 g/mol. The van der Waals surface area contributed by atoms with Crippen LogP contribution in [0.3, 0.4) is 0 Å². The van der Waals surface area contributed by atoms with E-state index in [9.17, 15) is 0 Å². The third-order valence-electron chi connectivity index (χ3n) is 3.25. The highest BCUT2D eigenvalue weighted by Gasteiger charge is 2.21. The molecule has 0 unspecified atom stereocenters. The van der Waals surface area contributed by atoms with E-state index in [0.29, 0.717) is 0 Å². The maximum atomic E-state index is 5.95. The minimum atomic E-state index is 0.108. The first kappa shape index (κ1) is 16.0. The third kappa shape index (κ3) is 4.84. The summed E-state index contributed by atoms with van der Waals surface area (Å²) in [6, 6.07) is 2.15. The van der Waals surface area contributed by atoms with Crippen LogP contribution < -0.4 is 5.32 Å². The van der Waals surface area contributed by atoms with E-state index in [0.717, 1.165) is 37.7 Å². The lowest BCUT2D eigenvalue weighted by Gasteiger charge is -2.34. The van der Waals surface area contributed by atoms with Crippen LogP contribution in [0.2, 0.25) is 0 Å². The first-order valence-electron chi connectivity index (χ1n) is 7.03. The summed E-state index contributed by atoms with van der Waals surface area (Å²) in [4.78, 5) is 2.36. The average Bonchev–Trinajstić information content (AvgIpc) is 2.65. The Kier molecular flexibility index (Phi) is 5.83. The van der Waals surface area contributed by atoms with Crippen LogP contribution in [0.15, 0.2) is 23.1 Å². The maximum absolute atomic E-state index is 5.95. The second kappa shape index (κ2) is 6.92. The molecule has 1 N–H and O–H groups in total. The van der Waals surface area contributed by atoms with Gasteiger partial charge in [-0.15, -0.1) is 6.58 Å². The molecule has 0 aromatic carbocycles. The van der Waals surface area contributed by atoms with Crippen LogP contribution in [0.1, 0.15) is 44.8 Å².